The van der Waals surface area contributed by atoms with Gasteiger partial charge in [0.1, 0.15) is 12.1 Å². The number of rotatable bonds is 3. The monoisotopic (exact) mass is 325 g/mol. The maximum atomic E-state index is 12.4. The van der Waals surface area contributed by atoms with Gasteiger partial charge in [-0.1, -0.05) is 0 Å². The molecule has 6 nitrogen and oxygen atoms in total. The molecular weight excluding hydrogens is 302 g/mol. The summed E-state index contributed by atoms with van der Waals surface area (Å²) < 4.78 is 1.67. The van der Waals surface area contributed by atoms with Gasteiger partial charge in [0.2, 0.25) is 0 Å². The second-order valence-electron chi connectivity index (χ2n) is 6.85. The summed E-state index contributed by atoms with van der Waals surface area (Å²) in [6.07, 6.45) is 8.13. The molecule has 1 fully saturated rings. The fourth-order valence-electron chi connectivity index (χ4n) is 3.86. The minimum absolute atomic E-state index is 0.0290. The molecule has 1 aliphatic heterocycles. The molecule has 1 aliphatic carbocycles. The molecule has 1 atom stereocenters. The van der Waals surface area contributed by atoms with E-state index in [0.717, 1.165) is 55.0 Å². The Hall–Kier alpha value is -2.24. The highest BCUT2D eigenvalue weighted by Gasteiger charge is 2.27. The second-order valence-corrected chi connectivity index (χ2v) is 6.85. The van der Waals surface area contributed by atoms with Crippen molar-refractivity contribution in [3.05, 3.63) is 45.8 Å². The SMILES string of the molecule is Cc1cc(N2CCCC2Cn2nc3c(cc2=O)CCCC3)ncn1. The van der Waals surface area contributed by atoms with Gasteiger partial charge < -0.3 is 4.90 Å². The molecule has 0 saturated carbocycles. The molecule has 0 amide bonds. The molecule has 126 valence electrons. The van der Waals surface area contributed by atoms with Crippen molar-refractivity contribution < 1.29 is 0 Å². The van der Waals surface area contributed by atoms with Crippen molar-refractivity contribution in [3.63, 3.8) is 0 Å². The average molecular weight is 325 g/mol. The van der Waals surface area contributed by atoms with Crippen LogP contribution in [0.5, 0.6) is 0 Å². The molecule has 0 radical (unpaired) electrons. The van der Waals surface area contributed by atoms with E-state index >= 15 is 0 Å². The van der Waals surface area contributed by atoms with Gasteiger partial charge in [0.05, 0.1) is 18.3 Å². The molecular formula is C18H23N5O. The van der Waals surface area contributed by atoms with Crippen LogP contribution >= 0.6 is 0 Å². The fourth-order valence-corrected chi connectivity index (χ4v) is 3.86. The molecule has 1 saturated heterocycles. The molecule has 2 aromatic heterocycles. The summed E-state index contributed by atoms with van der Waals surface area (Å²) in [5.74, 6) is 0.955. The maximum absolute atomic E-state index is 12.4. The van der Waals surface area contributed by atoms with Gasteiger partial charge in [-0.25, -0.2) is 14.6 Å². The zero-order valence-electron chi connectivity index (χ0n) is 14.1. The van der Waals surface area contributed by atoms with Gasteiger partial charge in [-0.05, 0) is 51.0 Å². The summed E-state index contributed by atoms with van der Waals surface area (Å²) in [6.45, 7) is 3.59. The van der Waals surface area contributed by atoms with Gasteiger partial charge in [-0.3, -0.25) is 4.79 Å². The number of anilines is 1. The van der Waals surface area contributed by atoms with Gasteiger partial charge in [-0.2, -0.15) is 5.10 Å². The summed E-state index contributed by atoms with van der Waals surface area (Å²) in [6, 6.07) is 4.09. The third kappa shape index (κ3) is 2.92. The van der Waals surface area contributed by atoms with Crippen LogP contribution in [0.25, 0.3) is 0 Å². The number of hydrogen-bond acceptors (Lipinski definition) is 5. The number of nitrogens with zero attached hydrogens (tertiary/aromatic N) is 5. The van der Waals surface area contributed by atoms with E-state index in [-0.39, 0.29) is 11.6 Å². The first-order valence-electron chi connectivity index (χ1n) is 8.86. The van der Waals surface area contributed by atoms with E-state index in [9.17, 15) is 4.79 Å². The molecule has 4 rings (SSSR count). The van der Waals surface area contributed by atoms with Crippen molar-refractivity contribution in [1.29, 1.82) is 0 Å². The Kier molecular flexibility index (Phi) is 4.04. The van der Waals surface area contributed by atoms with Crippen LogP contribution in [-0.2, 0) is 19.4 Å². The maximum Gasteiger partial charge on any atom is 0.267 e. The Morgan fingerprint density at radius 3 is 2.92 bits per heavy atom. The van der Waals surface area contributed by atoms with Crippen molar-refractivity contribution in [2.45, 2.75) is 58.0 Å². The molecule has 0 bridgehead atoms. The first kappa shape index (κ1) is 15.3. The summed E-state index contributed by atoms with van der Waals surface area (Å²) in [5, 5.41) is 4.67. The van der Waals surface area contributed by atoms with Crippen LogP contribution in [0.4, 0.5) is 5.82 Å². The Morgan fingerprint density at radius 2 is 2.04 bits per heavy atom. The third-order valence-electron chi connectivity index (χ3n) is 5.12. The van der Waals surface area contributed by atoms with Gasteiger partial charge in [0.15, 0.2) is 0 Å². The average Bonchev–Trinajstić information content (AvgIpc) is 3.04. The van der Waals surface area contributed by atoms with Crippen molar-refractivity contribution in [3.8, 4) is 0 Å². The van der Waals surface area contributed by atoms with Gasteiger partial charge in [0.25, 0.3) is 5.56 Å². The minimum Gasteiger partial charge on any atom is -0.352 e. The zero-order valence-corrected chi connectivity index (χ0v) is 14.1. The zero-order chi connectivity index (χ0) is 16.5. The van der Waals surface area contributed by atoms with Crippen LogP contribution in [0.15, 0.2) is 23.3 Å². The van der Waals surface area contributed by atoms with E-state index in [4.69, 9.17) is 0 Å². The highest BCUT2D eigenvalue weighted by Crippen LogP contribution is 2.25. The highest BCUT2D eigenvalue weighted by atomic mass is 16.1. The molecule has 0 spiro atoms. The van der Waals surface area contributed by atoms with Gasteiger partial charge >= 0.3 is 0 Å². The van der Waals surface area contributed by atoms with Crippen molar-refractivity contribution in [1.82, 2.24) is 19.7 Å². The Balaban J connectivity index is 1.59. The van der Waals surface area contributed by atoms with E-state index in [1.165, 1.54) is 12.8 Å². The van der Waals surface area contributed by atoms with Crippen molar-refractivity contribution in [2.75, 3.05) is 11.4 Å². The predicted molar refractivity (Wildman–Crippen MR) is 92.3 cm³/mol. The van der Waals surface area contributed by atoms with Crippen LogP contribution in [0, 0.1) is 6.92 Å². The molecule has 0 N–H and O–H groups in total. The lowest BCUT2D eigenvalue weighted by molar-refractivity contribution is 0.472. The highest BCUT2D eigenvalue weighted by molar-refractivity contribution is 5.41. The van der Waals surface area contributed by atoms with E-state index in [0.29, 0.717) is 6.54 Å². The molecule has 3 heterocycles. The third-order valence-corrected chi connectivity index (χ3v) is 5.12. The van der Waals surface area contributed by atoms with E-state index in [1.807, 2.05) is 13.0 Å². The lowest BCUT2D eigenvalue weighted by Gasteiger charge is -2.26. The standard InChI is InChI=1S/C18H23N5O/c1-13-9-17(20-12-19-13)22-8-4-6-15(22)11-23-18(24)10-14-5-2-3-7-16(14)21-23/h9-10,12,15H,2-8,11H2,1H3. The lowest BCUT2D eigenvalue weighted by atomic mass is 9.97. The summed E-state index contributed by atoms with van der Waals surface area (Å²) in [4.78, 5) is 23.3. The fraction of sp³-hybridized carbons (Fsp3) is 0.556. The Morgan fingerprint density at radius 1 is 1.17 bits per heavy atom. The van der Waals surface area contributed by atoms with Crippen molar-refractivity contribution in [2.24, 2.45) is 0 Å². The minimum atomic E-state index is 0.0290. The van der Waals surface area contributed by atoms with Crippen LogP contribution in [0.2, 0.25) is 0 Å². The summed E-state index contributed by atoms with van der Waals surface area (Å²) >= 11 is 0. The van der Waals surface area contributed by atoms with E-state index < -0.39 is 0 Å². The lowest BCUT2D eigenvalue weighted by Crippen LogP contribution is -2.38. The quantitative estimate of drug-likeness (QED) is 0.862. The van der Waals surface area contributed by atoms with E-state index in [2.05, 4.69) is 20.0 Å². The number of aromatic nitrogens is 4. The predicted octanol–water partition coefficient (Wildman–Crippen LogP) is 1.89. The second kappa shape index (κ2) is 6.34. The molecule has 24 heavy (non-hydrogen) atoms. The normalized spacial score (nSPS) is 20.2. The summed E-state index contributed by atoms with van der Waals surface area (Å²) in [7, 11) is 0. The topological polar surface area (TPSA) is 63.9 Å². The Bertz CT molecular complexity index is 800. The number of fused-ring (bicyclic) bond motifs is 1. The molecule has 6 heteroatoms. The first-order chi connectivity index (χ1) is 11.7. The van der Waals surface area contributed by atoms with Crippen LogP contribution in [0.3, 0.4) is 0 Å². The summed E-state index contributed by atoms with van der Waals surface area (Å²) in [5.41, 5.74) is 3.26. The first-order valence-corrected chi connectivity index (χ1v) is 8.86. The largest absolute Gasteiger partial charge is 0.352 e. The Labute approximate surface area is 141 Å². The number of hydrogen-bond donors (Lipinski definition) is 0. The molecule has 0 aromatic carbocycles. The van der Waals surface area contributed by atoms with Crippen molar-refractivity contribution >= 4 is 5.82 Å². The van der Waals surface area contributed by atoms with E-state index in [1.54, 1.807) is 17.1 Å². The smallest absolute Gasteiger partial charge is 0.267 e. The molecule has 1 unspecified atom stereocenters. The van der Waals surface area contributed by atoms with Gasteiger partial charge in [0, 0.05) is 24.4 Å². The van der Waals surface area contributed by atoms with Crippen LogP contribution in [-0.4, -0.2) is 32.3 Å². The van der Waals surface area contributed by atoms with Crippen LogP contribution in [0.1, 0.15) is 42.6 Å². The van der Waals surface area contributed by atoms with Crippen LogP contribution < -0.4 is 10.5 Å². The number of aryl methyl sites for hydroxylation is 3. The van der Waals surface area contributed by atoms with Gasteiger partial charge in [-0.15, -0.1) is 0 Å². The molecule has 2 aromatic rings. The molecule has 2 aliphatic rings.